The Morgan fingerprint density at radius 1 is 1.12 bits per heavy atom. The Morgan fingerprint density at radius 2 is 1.91 bits per heavy atom. The molecule has 1 unspecified atom stereocenters. The molecule has 1 N–H and O–H groups in total. The second-order valence-electron chi connectivity index (χ2n) is 8.09. The normalized spacial score (nSPS) is 17.7. The zero-order valence-corrected chi connectivity index (χ0v) is 19.4. The SMILES string of the molecule is COc1cc2c(cc1OC)C(c1cccs1)N(CC(=O)N1CC(=O)Nc3ccccc31)CC2. The van der Waals surface area contributed by atoms with Gasteiger partial charge in [-0.05, 0) is 53.3 Å². The van der Waals surface area contributed by atoms with E-state index in [1.807, 2.05) is 42.5 Å². The van der Waals surface area contributed by atoms with Gasteiger partial charge in [-0.3, -0.25) is 19.4 Å². The van der Waals surface area contributed by atoms with Crippen molar-refractivity contribution in [1.29, 1.82) is 0 Å². The van der Waals surface area contributed by atoms with Crippen molar-refractivity contribution >= 4 is 34.5 Å². The van der Waals surface area contributed by atoms with Gasteiger partial charge >= 0.3 is 0 Å². The highest BCUT2D eigenvalue weighted by Gasteiger charge is 2.34. The van der Waals surface area contributed by atoms with Gasteiger partial charge in [0.25, 0.3) is 0 Å². The predicted octanol–water partition coefficient (Wildman–Crippen LogP) is 3.70. The number of carbonyl (C=O) groups excluding carboxylic acids is 2. The second-order valence-corrected chi connectivity index (χ2v) is 9.07. The van der Waals surface area contributed by atoms with Crippen LogP contribution in [0.25, 0.3) is 0 Å². The number of anilines is 2. The van der Waals surface area contributed by atoms with Crippen molar-refractivity contribution in [2.75, 3.05) is 44.1 Å². The topological polar surface area (TPSA) is 71.1 Å². The third-order valence-corrected chi connectivity index (χ3v) is 7.12. The van der Waals surface area contributed by atoms with Crippen molar-refractivity contribution in [3.8, 4) is 11.5 Å². The first-order valence-electron chi connectivity index (χ1n) is 10.8. The van der Waals surface area contributed by atoms with E-state index in [2.05, 4.69) is 21.7 Å². The third-order valence-electron chi connectivity index (χ3n) is 6.20. The molecule has 3 heterocycles. The first-order valence-corrected chi connectivity index (χ1v) is 11.7. The molecule has 33 heavy (non-hydrogen) atoms. The van der Waals surface area contributed by atoms with Crippen LogP contribution in [0.15, 0.2) is 53.9 Å². The van der Waals surface area contributed by atoms with Crippen molar-refractivity contribution in [1.82, 2.24) is 4.90 Å². The summed E-state index contributed by atoms with van der Waals surface area (Å²) in [4.78, 5) is 30.7. The lowest BCUT2D eigenvalue weighted by Gasteiger charge is -2.38. The summed E-state index contributed by atoms with van der Waals surface area (Å²) in [6.07, 6.45) is 0.794. The third kappa shape index (κ3) is 3.96. The number of nitrogens with zero attached hydrogens (tertiary/aromatic N) is 2. The maximum atomic E-state index is 13.5. The highest BCUT2D eigenvalue weighted by molar-refractivity contribution is 7.10. The summed E-state index contributed by atoms with van der Waals surface area (Å²) < 4.78 is 11.1. The Labute approximate surface area is 196 Å². The summed E-state index contributed by atoms with van der Waals surface area (Å²) >= 11 is 1.67. The summed E-state index contributed by atoms with van der Waals surface area (Å²) in [7, 11) is 3.27. The molecule has 2 aliphatic heterocycles. The average molecular weight is 464 g/mol. The second kappa shape index (κ2) is 8.88. The Kier molecular flexibility index (Phi) is 5.78. The Bertz CT molecular complexity index is 1190. The zero-order valence-electron chi connectivity index (χ0n) is 18.5. The number of amides is 2. The molecule has 7 nitrogen and oxygen atoms in total. The van der Waals surface area contributed by atoms with Crippen molar-refractivity contribution in [2.45, 2.75) is 12.5 Å². The Balaban J connectivity index is 1.49. The molecule has 0 aliphatic carbocycles. The number of hydrogen-bond donors (Lipinski definition) is 1. The van der Waals surface area contributed by atoms with E-state index >= 15 is 0 Å². The molecule has 5 rings (SSSR count). The Morgan fingerprint density at radius 3 is 2.67 bits per heavy atom. The molecule has 2 aliphatic rings. The first-order chi connectivity index (χ1) is 16.1. The van der Waals surface area contributed by atoms with Crippen molar-refractivity contribution in [2.24, 2.45) is 0 Å². The molecule has 1 aromatic heterocycles. The van der Waals surface area contributed by atoms with Crippen LogP contribution in [0.4, 0.5) is 11.4 Å². The monoisotopic (exact) mass is 463 g/mol. The lowest BCUT2D eigenvalue weighted by atomic mass is 9.90. The lowest BCUT2D eigenvalue weighted by Crippen LogP contribution is -2.48. The minimum atomic E-state index is -0.183. The Hall–Kier alpha value is -3.36. The molecule has 2 aromatic carbocycles. The molecule has 2 amide bonds. The van der Waals surface area contributed by atoms with E-state index in [1.165, 1.54) is 5.56 Å². The molecule has 0 bridgehead atoms. The van der Waals surface area contributed by atoms with Crippen LogP contribution in [-0.4, -0.2) is 50.6 Å². The smallest absolute Gasteiger partial charge is 0.244 e. The predicted molar refractivity (Wildman–Crippen MR) is 128 cm³/mol. The first kappa shape index (κ1) is 21.5. The van der Waals surface area contributed by atoms with Gasteiger partial charge in [0.1, 0.15) is 6.54 Å². The van der Waals surface area contributed by atoms with Gasteiger partial charge in [-0.1, -0.05) is 18.2 Å². The average Bonchev–Trinajstić information content (AvgIpc) is 3.36. The van der Waals surface area contributed by atoms with Crippen LogP contribution >= 0.6 is 11.3 Å². The maximum absolute atomic E-state index is 13.5. The standard InChI is InChI=1S/C25H25N3O4S/c1-31-20-12-16-9-10-27(25(22-8-5-11-33-22)17(16)13-21(20)32-2)15-24(30)28-14-23(29)26-18-6-3-4-7-19(18)28/h3-8,11-13,25H,9-10,14-15H2,1-2H3,(H,26,29). The van der Waals surface area contributed by atoms with E-state index in [4.69, 9.17) is 9.47 Å². The van der Waals surface area contributed by atoms with Gasteiger partial charge in [0, 0.05) is 11.4 Å². The number of nitrogens with one attached hydrogen (secondary N) is 1. The molecule has 1 atom stereocenters. The van der Waals surface area contributed by atoms with E-state index in [1.54, 1.807) is 30.5 Å². The van der Waals surface area contributed by atoms with E-state index in [0.29, 0.717) is 17.2 Å². The van der Waals surface area contributed by atoms with Gasteiger partial charge in [-0.25, -0.2) is 0 Å². The van der Waals surface area contributed by atoms with Crippen LogP contribution in [0.3, 0.4) is 0 Å². The minimum absolute atomic E-state index is 0.0228. The van der Waals surface area contributed by atoms with Gasteiger partial charge in [0.2, 0.25) is 11.8 Å². The van der Waals surface area contributed by atoms with Crippen LogP contribution in [-0.2, 0) is 16.0 Å². The number of para-hydroxylation sites is 2. The zero-order chi connectivity index (χ0) is 22.9. The summed E-state index contributed by atoms with van der Waals surface area (Å²) in [6, 6.07) is 15.5. The molecular weight excluding hydrogens is 438 g/mol. The molecule has 170 valence electrons. The fraction of sp³-hybridized carbons (Fsp3) is 0.280. The number of fused-ring (bicyclic) bond motifs is 2. The summed E-state index contributed by atoms with van der Waals surface area (Å²) in [5.74, 6) is 1.11. The fourth-order valence-electron chi connectivity index (χ4n) is 4.66. The van der Waals surface area contributed by atoms with E-state index in [0.717, 1.165) is 29.1 Å². The molecule has 0 saturated heterocycles. The van der Waals surface area contributed by atoms with Gasteiger partial charge in [0.05, 0.1) is 38.2 Å². The largest absolute Gasteiger partial charge is 0.493 e. The molecule has 0 fully saturated rings. The van der Waals surface area contributed by atoms with Crippen molar-refractivity contribution in [3.05, 3.63) is 69.9 Å². The van der Waals surface area contributed by atoms with E-state index in [9.17, 15) is 9.59 Å². The molecule has 0 radical (unpaired) electrons. The van der Waals surface area contributed by atoms with Crippen LogP contribution in [0.2, 0.25) is 0 Å². The minimum Gasteiger partial charge on any atom is -0.493 e. The highest BCUT2D eigenvalue weighted by atomic mass is 32.1. The molecule has 0 spiro atoms. The highest BCUT2D eigenvalue weighted by Crippen LogP contribution is 2.42. The van der Waals surface area contributed by atoms with Crippen LogP contribution in [0.1, 0.15) is 22.0 Å². The van der Waals surface area contributed by atoms with Crippen LogP contribution in [0, 0.1) is 0 Å². The number of thiophene rings is 1. The van der Waals surface area contributed by atoms with E-state index < -0.39 is 0 Å². The quantitative estimate of drug-likeness (QED) is 0.625. The molecule has 0 saturated carbocycles. The number of hydrogen-bond acceptors (Lipinski definition) is 6. The fourth-order valence-corrected chi connectivity index (χ4v) is 5.54. The summed E-state index contributed by atoms with van der Waals surface area (Å²) in [5.41, 5.74) is 3.71. The number of ether oxygens (including phenoxy) is 2. The number of benzene rings is 2. The maximum Gasteiger partial charge on any atom is 0.244 e. The molecule has 3 aromatic rings. The number of carbonyl (C=O) groups is 2. The van der Waals surface area contributed by atoms with Crippen LogP contribution in [0.5, 0.6) is 11.5 Å². The van der Waals surface area contributed by atoms with Gasteiger partial charge in [-0.2, -0.15) is 0 Å². The van der Waals surface area contributed by atoms with Gasteiger partial charge in [-0.15, -0.1) is 11.3 Å². The van der Waals surface area contributed by atoms with Gasteiger partial charge in [0.15, 0.2) is 11.5 Å². The summed E-state index contributed by atoms with van der Waals surface area (Å²) in [6.45, 7) is 0.950. The van der Waals surface area contributed by atoms with Crippen molar-refractivity contribution < 1.29 is 19.1 Å². The van der Waals surface area contributed by atoms with Crippen molar-refractivity contribution in [3.63, 3.8) is 0 Å². The van der Waals surface area contributed by atoms with Crippen LogP contribution < -0.4 is 19.7 Å². The number of rotatable bonds is 5. The molecule has 8 heteroatoms. The summed E-state index contributed by atoms with van der Waals surface area (Å²) in [5, 5.41) is 4.90. The van der Waals surface area contributed by atoms with Gasteiger partial charge < -0.3 is 14.8 Å². The lowest BCUT2D eigenvalue weighted by molar-refractivity contribution is -0.123. The molecular formula is C25H25N3O4S. The van der Waals surface area contributed by atoms with E-state index in [-0.39, 0.29) is 30.9 Å². The number of methoxy groups -OCH3 is 2.